The molecule has 1 aliphatic rings. The van der Waals surface area contributed by atoms with Crippen LogP contribution in [0.2, 0.25) is 0 Å². The van der Waals surface area contributed by atoms with E-state index in [1.165, 1.54) is 0 Å². The number of carbonyl (C=O) groups excluding carboxylic acids is 1. The molecule has 1 atom stereocenters. The minimum Gasteiger partial charge on any atom is -0.393 e. The maximum absolute atomic E-state index is 12.0. The maximum atomic E-state index is 12.0. The van der Waals surface area contributed by atoms with Gasteiger partial charge in [-0.3, -0.25) is 4.79 Å². The van der Waals surface area contributed by atoms with Gasteiger partial charge in [-0.05, 0) is 25.5 Å². The number of amides is 1. The Morgan fingerprint density at radius 1 is 1.67 bits per heavy atom. The van der Waals surface area contributed by atoms with E-state index in [0.29, 0.717) is 18.0 Å². The highest BCUT2D eigenvalue weighted by atomic mass is 32.2. The molecule has 0 aliphatic carbocycles. The number of rotatable bonds is 5. The maximum Gasteiger partial charge on any atom is 0.235 e. The Hall–Kier alpha value is -0.290. The zero-order valence-corrected chi connectivity index (χ0v) is 10.7. The molecule has 0 saturated carbocycles. The molecule has 3 nitrogen and oxygen atoms in total. The second-order valence-corrected chi connectivity index (χ2v) is 5.47. The zero-order valence-electron chi connectivity index (χ0n) is 9.07. The largest absolute Gasteiger partial charge is 0.393 e. The molecule has 1 heterocycles. The Bertz CT molecular complexity index is 240. The molecule has 1 unspecified atom stereocenters. The smallest absolute Gasteiger partial charge is 0.235 e. The average molecular weight is 246 g/mol. The summed E-state index contributed by atoms with van der Waals surface area (Å²) >= 11 is 6.59. The Morgan fingerprint density at radius 3 is 2.87 bits per heavy atom. The fraction of sp³-hybridized carbons (Fsp3) is 0.800. The normalized spacial score (nSPS) is 20.2. The summed E-state index contributed by atoms with van der Waals surface area (Å²) in [5.41, 5.74) is 5.44. The van der Waals surface area contributed by atoms with Crippen molar-refractivity contribution in [3.8, 4) is 0 Å². The van der Waals surface area contributed by atoms with Gasteiger partial charge < -0.3 is 10.6 Å². The molecule has 15 heavy (non-hydrogen) atoms. The monoisotopic (exact) mass is 246 g/mol. The van der Waals surface area contributed by atoms with Crippen LogP contribution >= 0.6 is 24.0 Å². The van der Waals surface area contributed by atoms with Gasteiger partial charge in [-0.15, -0.1) is 11.8 Å². The summed E-state index contributed by atoms with van der Waals surface area (Å²) in [6.07, 6.45) is 2.81. The van der Waals surface area contributed by atoms with Crippen molar-refractivity contribution in [1.82, 2.24) is 4.90 Å². The van der Waals surface area contributed by atoms with E-state index < -0.39 is 0 Å². The van der Waals surface area contributed by atoms with E-state index in [0.717, 1.165) is 25.1 Å². The highest BCUT2D eigenvalue weighted by Crippen LogP contribution is 2.27. The minimum absolute atomic E-state index is 0.177. The third-order valence-corrected chi connectivity index (χ3v) is 4.09. The quantitative estimate of drug-likeness (QED) is 0.745. The summed E-state index contributed by atoms with van der Waals surface area (Å²) in [5.74, 6) is 1.37. The molecule has 86 valence electrons. The topological polar surface area (TPSA) is 46.3 Å². The van der Waals surface area contributed by atoms with Crippen LogP contribution in [0.1, 0.15) is 26.2 Å². The van der Waals surface area contributed by atoms with Gasteiger partial charge in [-0.25, -0.2) is 0 Å². The molecule has 1 saturated heterocycles. The van der Waals surface area contributed by atoms with Crippen LogP contribution in [-0.2, 0) is 4.79 Å². The van der Waals surface area contributed by atoms with Gasteiger partial charge in [0.05, 0.1) is 10.2 Å². The van der Waals surface area contributed by atoms with Crippen LogP contribution in [0.25, 0.3) is 0 Å². The van der Waals surface area contributed by atoms with Crippen molar-refractivity contribution in [2.45, 2.75) is 31.4 Å². The second-order valence-electron chi connectivity index (χ2n) is 3.64. The Balaban J connectivity index is 2.42. The molecule has 1 aliphatic heterocycles. The molecule has 2 N–H and O–H groups in total. The van der Waals surface area contributed by atoms with E-state index in [2.05, 4.69) is 0 Å². The van der Waals surface area contributed by atoms with E-state index in [1.54, 1.807) is 11.8 Å². The lowest BCUT2D eigenvalue weighted by molar-refractivity contribution is -0.130. The standard InChI is InChI=1S/C10H18N2OS2/c1-2-12(6-5-9(11)14)10(13)8-4-3-7-15-8/h8H,2-7H2,1H3,(H2,11,14). The summed E-state index contributed by atoms with van der Waals surface area (Å²) < 4.78 is 0. The number of thiocarbonyl (C=S) groups is 1. The van der Waals surface area contributed by atoms with Crippen LogP contribution in [0.4, 0.5) is 0 Å². The first-order valence-corrected chi connectivity index (χ1v) is 6.79. The van der Waals surface area contributed by atoms with E-state index in [-0.39, 0.29) is 11.2 Å². The number of hydrogen-bond acceptors (Lipinski definition) is 3. The first kappa shape index (κ1) is 12.8. The lowest BCUT2D eigenvalue weighted by Gasteiger charge is -2.23. The summed E-state index contributed by atoms with van der Waals surface area (Å²) in [6, 6.07) is 0. The number of nitrogens with two attached hydrogens (primary N) is 1. The van der Waals surface area contributed by atoms with Crippen LogP contribution in [-0.4, -0.2) is 39.9 Å². The van der Waals surface area contributed by atoms with Crippen molar-refractivity contribution < 1.29 is 4.79 Å². The number of carbonyl (C=O) groups is 1. The van der Waals surface area contributed by atoms with Gasteiger partial charge in [-0.1, -0.05) is 12.2 Å². The molecule has 0 radical (unpaired) electrons. The van der Waals surface area contributed by atoms with Crippen molar-refractivity contribution in [2.24, 2.45) is 5.73 Å². The molecule has 5 heteroatoms. The van der Waals surface area contributed by atoms with Gasteiger partial charge in [0.2, 0.25) is 5.91 Å². The molecule has 1 fully saturated rings. The van der Waals surface area contributed by atoms with Gasteiger partial charge in [0.25, 0.3) is 0 Å². The fourth-order valence-corrected chi connectivity index (χ4v) is 2.98. The van der Waals surface area contributed by atoms with Crippen LogP contribution in [0.3, 0.4) is 0 Å². The summed E-state index contributed by atoms with van der Waals surface area (Å²) in [4.78, 5) is 14.4. The highest BCUT2D eigenvalue weighted by Gasteiger charge is 2.26. The Kier molecular flexibility index (Phi) is 5.39. The molecular formula is C10H18N2OS2. The summed E-state index contributed by atoms with van der Waals surface area (Å²) in [6.45, 7) is 3.41. The van der Waals surface area contributed by atoms with Gasteiger partial charge in [0, 0.05) is 19.5 Å². The number of hydrogen-bond donors (Lipinski definition) is 1. The molecular weight excluding hydrogens is 228 g/mol. The molecule has 0 spiro atoms. The molecule has 1 rings (SSSR count). The lowest BCUT2D eigenvalue weighted by atomic mass is 10.2. The number of nitrogens with zero attached hydrogens (tertiary/aromatic N) is 1. The van der Waals surface area contributed by atoms with E-state index in [4.69, 9.17) is 18.0 Å². The summed E-state index contributed by atoms with van der Waals surface area (Å²) in [5, 5.41) is 0.177. The van der Waals surface area contributed by atoms with Crippen LogP contribution in [0.15, 0.2) is 0 Å². The van der Waals surface area contributed by atoms with Crippen LogP contribution < -0.4 is 5.73 Å². The van der Waals surface area contributed by atoms with Gasteiger partial charge in [0.15, 0.2) is 0 Å². The van der Waals surface area contributed by atoms with Crippen LogP contribution in [0, 0.1) is 0 Å². The van der Waals surface area contributed by atoms with E-state index in [9.17, 15) is 4.79 Å². The van der Waals surface area contributed by atoms with Crippen molar-refractivity contribution in [2.75, 3.05) is 18.8 Å². The first-order valence-electron chi connectivity index (χ1n) is 5.33. The predicted molar refractivity (Wildman–Crippen MR) is 69.1 cm³/mol. The van der Waals surface area contributed by atoms with Crippen molar-refractivity contribution in [1.29, 1.82) is 0 Å². The Morgan fingerprint density at radius 2 is 2.40 bits per heavy atom. The minimum atomic E-state index is 0.177. The first-order chi connectivity index (χ1) is 7.15. The van der Waals surface area contributed by atoms with Gasteiger partial charge in [-0.2, -0.15) is 0 Å². The SMILES string of the molecule is CCN(CCC(N)=S)C(=O)C1CCCS1. The zero-order chi connectivity index (χ0) is 11.3. The lowest BCUT2D eigenvalue weighted by Crippen LogP contribution is -2.38. The second kappa shape index (κ2) is 6.33. The van der Waals surface area contributed by atoms with Crippen molar-refractivity contribution in [3.63, 3.8) is 0 Å². The number of thioether (sulfide) groups is 1. The molecule has 0 aromatic heterocycles. The molecule has 0 aromatic carbocycles. The molecule has 1 amide bonds. The Labute approximate surface area is 101 Å². The molecule has 0 aromatic rings. The fourth-order valence-electron chi connectivity index (χ4n) is 1.65. The van der Waals surface area contributed by atoms with E-state index >= 15 is 0 Å². The van der Waals surface area contributed by atoms with E-state index in [1.807, 2.05) is 11.8 Å². The third kappa shape index (κ3) is 3.99. The van der Waals surface area contributed by atoms with Gasteiger partial charge >= 0.3 is 0 Å². The van der Waals surface area contributed by atoms with Crippen LogP contribution in [0.5, 0.6) is 0 Å². The van der Waals surface area contributed by atoms with Crippen molar-refractivity contribution >= 4 is 34.9 Å². The summed E-state index contributed by atoms with van der Waals surface area (Å²) in [7, 11) is 0. The third-order valence-electron chi connectivity index (χ3n) is 2.53. The van der Waals surface area contributed by atoms with Crippen molar-refractivity contribution in [3.05, 3.63) is 0 Å². The average Bonchev–Trinajstić information content (AvgIpc) is 2.70. The van der Waals surface area contributed by atoms with Gasteiger partial charge in [0.1, 0.15) is 0 Å². The highest BCUT2D eigenvalue weighted by molar-refractivity contribution is 8.00. The molecule has 0 bridgehead atoms. The predicted octanol–water partition coefficient (Wildman–Crippen LogP) is 1.41.